The number of aryl methyl sites for hydroxylation is 3. The van der Waals surface area contributed by atoms with E-state index in [-0.39, 0.29) is 0 Å². The third-order valence-corrected chi connectivity index (χ3v) is 9.52. The van der Waals surface area contributed by atoms with Gasteiger partial charge in [0.05, 0.1) is 28.1 Å². The van der Waals surface area contributed by atoms with Gasteiger partial charge in [0, 0.05) is 31.9 Å². The maximum Gasteiger partial charge on any atom is 0.269 e. The Morgan fingerprint density at radius 3 is 2.21 bits per heavy atom. The molecule has 6 nitrogen and oxygen atoms in total. The molecule has 0 saturated heterocycles. The standard InChI is InChI=1S/C25H24N3O3S3/c1-15-6-12-20-23(22(15)34-31-30-29)33-25(28(20)5)17-9-13-19-21(14-17)32-24(27(19)4)16-7-10-18(11-8-16)26(2)3/h6-14H,1-5H3/q+1. The van der Waals surface area contributed by atoms with E-state index < -0.39 is 0 Å². The van der Waals surface area contributed by atoms with Crippen LogP contribution >= 0.6 is 34.7 Å². The van der Waals surface area contributed by atoms with E-state index in [9.17, 15) is 5.26 Å². The lowest BCUT2D eigenvalue weighted by Crippen LogP contribution is -2.29. The van der Waals surface area contributed by atoms with Crippen LogP contribution in [0, 0.1) is 6.92 Å². The molecule has 0 amide bonds. The molecule has 5 aromatic rings. The van der Waals surface area contributed by atoms with Crippen LogP contribution in [0.25, 0.3) is 41.6 Å². The molecule has 0 aliphatic rings. The maximum atomic E-state index is 10.4. The van der Waals surface area contributed by atoms with E-state index in [2.05, 4.69) is 100 Å². The van der Waals surface area contributed by atoms with Gasteiger partial charge in [-0.3, -0.25) is 5.04 Å². The van der Waals surface area contributed by atoms with E-state index in [0.717, 1.165) is 43.3 Å². The molecule has 2 heterocycles. The Labute approximate surface area is 210 Å². The van der Waals surface area contributed by atoms with Crippen molar-refractivity contribution in [1.82, 2.24) is 0 Å². The Morgan fingerprint density at radius 1 is 0.853 bits per heavy atom. The number of rotatable bonds is 6. The van der Waals surface area contributed by atoms with Crippen molar-refractivity contribution in [2.45, 2.75) is 11.8 Å². The van der Waals surface area contributed by atoms with E-state index in [1.165, 1.54) is 26.5 Å². The quantitative estimate of drug-likeness (QED) is 0.143. The molecule has 0 aliphatic heterocycles. The number of thiazole rings is 2. The van der Waals surface area contributed by atoms with Crippen molar-refractivity contribution in [3.8, 4) is 21.1 Å². The van der Waals surface area contributed by atoms with Crippen molar-refractivity contribution in [1.29, 1.82) is 0 Å². The molecule has 0 saturated carbocycles. The summed E-state index contributed by atoms with van der Waals surface area (Å²) in [6.45, 7) is 2.00. The molecule has 5 rings (SSSR count). The number of fused-ring (bicyclic) bond motifs is 2. The van der Waals surface area contributed by atoms with Gasteiger partial charge in [-0.1, -0.05) is 28.7 Å². The normalized spacial score (nSPS) is 11.6. The van der Waals surface area contributed by atoms with Gasteiger partial charge in [0.15, 0.2) is 0 Å². The second-order valence-electron chi connectivity index (χ2n) is 8.34. The first kappa shape index (κ1) is 23.2. The average molecular weight is 511 g/mol. The van der Waals surface area contributed by atoms with Crippen molar-refractivity contribution in [3.63, 3.8) is 0 Å². The zero-order chi connectivity index (χ0) is 24.0. The van der Waals surface area contributed by atoms with E-state index in [1.807, 2.05) is 13.0 Å². The molecule has 34 heavy (non-hydrogen) atoms. The number of benzene rings is 3. The lowest BCUT2D eigenvalue weighted by Gasteiger charge is -2.11. The highest BCUT2D eigenvalue weighted by Gasteiger charge is 2.25. The highest BCUT2D eigenvalue weighted by Crippen LogP contribution is 2.39. The molecule has 0 N–H and O–H groups in total. The summed E-state index contributed by atoms with van der Waals surface area (Å²) in [5, 5.41) is 16.4. The minimum absolute atomic E-state index is 0.896. The SMILES string of the molecule is Cc1ccc2c(sc(-c3ccc4c(c3)sc(-c3ccc(N(C)C)cc3)[n+]4C)[n+]2C)c1SOO[O-]. The monoisotopic (exact) mass is 510 g/mol. The Hall–Kier alpha value is -2.53. The van der Waals surface area contributed by atoms with E-state index in [4.69, 9.17) is 0 Å². The smallest absolute Gasteiger partial charge is 0.269 e. The molecule has 0 spiro atoms. The number of nitrogens with zero attached hydrogens (tertiary/aromatic N) is 3. The van der Waals surface area contributed by atoms with E-state index >= 15 is 0 Å². The van der Waals surface area contributed by atoms with Gasteiger partial charge in [-0.25, -0.2) is 0 Å². The van der Waals surface area contributed by atoms with Crippen molar-refractivity contribution in [2.24, 2.45) is 14.1 Å². The number of anilines is 1. The van der Waals surface area contributed by atoms with E-state index in [1.54, 1.807) is 22.7 Å². The predicted molar refractivity (Wildman–Crippen MR) is 138 cm³/mol. The first-order valence-electron chi connectivity index (χ1n) is 10.6. The number of hydrogen-bond donors (Lipinski definition) is 0. The first-order valence-corrected chi connectivity index (χ1v) is 13.0. The first-order chi connectivity index (χ1) is 16.4. The third kappa shape index (κ3) is 3.98. The lowest BCUT2D eigenvalue weighted by molar-refractivity contribution is -0.777. The van der Waals surface area contributed by atoms with E-state index in [0.29, 0.717) is 0 Å². The molecular formula is C25H24N3O3S3+. The molecule has 0 fully saturated rings. The molecular weight excluding hydrogens is 486 g/mol. The van der Waals surface area contributed by atoms with Gasteiger partial charge >= 0.3 is 0 Å². The van der Waals surface area contributed by atoms with Crippen LogP contribution in [-0.4, -0.2) is 14.1 Å². The molecule has 0 unspecified atom stereocenters. The Balaban J connectivity index is 1.59. The minimum Gasteiger partial charge on any atom is -0.691 e. The largest absolute Gasteiger partial charge is 0.691 e. The van der Waals surface area contributed by atoms with Gasteiger partial charge in [0.25, 0.3) is 10.0 Å². The van der Waals surface area contributed by atoms with Crippen LogP contribution in [-0.2, 0) is 23.5 Å². The summed E-state index contributed by atoms with van der Waals surface area (Å²) in [5.41, 5.74) is 6.88. The summed E-state index contributed by atoms with van der Waals surface area (Å²) in [5.74, 6) is 0. The molecule has 0 radical (unpaired) electrons. The summed E-state index contributed by atoms with van der Waals surface area (Å²) < 4.78 is 11.4. The summed E-state index contributed by atoms with van der Waals surface area (Å²) in [6.07, 6.45) is 0. The topological polar surface area (TPSA) is 52.5 Å². The summed E-state index contributed by atoms with van der Waals surface area (Å²) in [4.78, 5) is 3.00. The van der Waals surface area contributed by atoms with Crippen LogP contribution in [0.5, 0.6) is 0 Å². The molecule has 9 heteroatoms. The van der Waals surface area contributed by atoms with Crippen molar-refractivity contribution < 1.29 is 23.8 Å². The van der Waals surface area contributed by atoms with Crippen LogP contribution in [0.4, 0.5) is 5.69 Å². The Kier molecular flexibility index (Phi) is 6.32. The fourth-order valence-corrected chi connectivity index (χ4v) is 7.27. The predicted octanol–water partition coefficient (Wildman–Crippen LogP) is 4.70. The summed E-state index contributed by atoms with van der Waals surface area (Å²) >= 11 is 4.44. The third-order valence-electron chi connectivity index (χ3n) is 6.01. The Bertz CT molecular complexity index is 1510. The van der Waals surface area contributed by atoms with Gasteiger partial charge in [0.2, 0.25) is 11.0 Å². The van der Waals surface area contributed by atoms with Crippen LogP contribution in [0.2, 0.25) is 0 Å². The van der Waals surface area contributed by atoms with Crippen LogP contribution in [0.15, 0.2) is 59.5 Å². The fraction of sp³-hybridized carbons (Fsp3) is 0.200. The van der Waals surface area contributed by atoms with Gasteiger partial charge < -0.3 is 10.2 Å². The zero-order valence-electron chi connectivity index (χ0n) is 19.5. The van der Waals surface area contributed by atoms with Crippen LogP contribution < -0.4 is 19.3 Å². The van der Waals surface area contributed by atoms with Crippen LogP contribution in [0.1, 0.15) is 5.56 Å². The molecule has 2 aromatic heterocycles. The summed E-state index contributed by atoms with van der Waals surface area (Å²) in [7, 11) is 8.30. The van der Waals surface area contributed by atoms with Crippen molar-refractivity contribution in [2.75, 3.05) is 19.0 Å². The molecule has 0 bridgehead atoms. The highest BCUT2D eigenvalue weighted by molar-refractivity contribution is 7.95. The molecule has 3 aromatic carbocycles. The summed E-state index contributed by atoms with van der Waals surface area (Å²) in [6, 6.07) is 19.4. The fourth-order valence-electron chi connectivity index (χ4n) is 4.13. The molecule has 0 atom stereocenters. The van der Waals surface area contributed by atoms with Crippen molar-refractivity contribution >= 4 is 60.8 Å². The van der Waals surface area contributed by atoms with Crippen LogP contribution in [0.3, 0.4) is 0 Å². The van der Waals surface area contributed by atoms with Crippen molar-refractivity contribution in [3.05, 3.63) is 60.2 Å². The number of aromatic nitrogens is 2. The van der Waals surface area contributed by atoms with Gasteiger partial charge in [-0.2, -0.15) is 13.5 Å². The van der Waals surface area contributed by atoms with Gasteiger partial charge in [-0.05, 0) is 48.9 Å². The Morgan fingerprint density at radius 2 is 1.50 bits per heavy atom. The van der Waals surface area contributed by atoms with Gasteiger partial charge in [-0.15, -0.1) is 0 Å². The van der Waals surface area contributed by atoms with Gasteiger partial charge in [0.1, 0.15) is 23.5 Å². The molecule has 0 aliphatic carbocycles. The highest BCUT2D eigenvalue weighted by atomic mass is 32.2. The zero-order valence-corrected chi connectivity index (χ0v) is 21.9. The molecule has 174 valence electrons. The average Bonchev–Trinajstić information content (AvgIpc) is 3.35. The second kappa shape index (κ2) is 9.26. The maximum absolute atomic E-state index is 10.4. The minimum atomic E-state index is 0.896. The second-order valence-corrected chi connectivity index (χ2v) is 11.1. The number of hydrogen-bond acceptors (Lipinski definition) is 7. The lowest BCUT2D eigenvalue weighted by atomic mass is 10.2.